The van der Waals surface area contributed by atoms with Crippen molar-refractivity contribution in [1.82, 2.24) is 0 Å². The number of nitrogens with one attached hydrogen (secondary N) is 1. The molecule has 3 nitrogen and oxygen atoms in total. The van der Waals surface area contributed by atoms with E-state index in [1.54, 1.807) is 6.07 Å². The predicted octanol–water partition coefficient (Wildman–Crippen LogP) is 1.32. The Labute approximate surface area is 67.5 Å². The van der Waals surface area contributed by atoms with Crippen LogP contribution in [0.2, 0.25) is 0 Å². The minimum atomic E-state index is 0.630. The topological polar surface area (TPSA) is 64.1 Å². The first-order valence-corrected chi connectivity index (χ1v) is 3.55. The van der Waals surface area contributed by atoms with E-state index in [1.807, 2.05) is 12.1 Å². The quantitative estimate of drug-likeness (QED) is 0.365. The number of hydrogen-bond acceptors (Lipinski definition) is 3. The van der Waals surface area contributed by atoms with E-state index in [0.29, 0.717) is 5.69 Å². The number of anilines is 2. The van der Waals surface area contributed by atoms with Crippen molar-refractivity contribution in [2.75, 3.05) is 11.2 Å². The lowest BCUT2D eigenvalue weighted by molar-refractivity contribution is 1.35. The maximum atomic E-state index is 5.60. The van der Waals surface area contributed by atoms with E-state index < -0.39 is 0 Å². The first-order chi connectivity index (χ1) is 4.75. The SMILES string of the molecule is NNc1cccc(Br)c1N. The molecule has 0 atom stereocenters. The molecule has 54 valence electrons. The summed E-state index contributed by atoms with van der Waals surface area (Å²) in [6, 6.07) is 5.52. The average molecular weight is 202 g/mol. The second-order valence-corrected chi connectivity index (χ2v) is 2.70. The first kappa shape index (κ1) is 7.37. The van der Waals surface area contributed by atoms with E-state index in [2.05, 4.69) is 21.4 Å². The highest BCUT2D eigenvalue weighted by Gasteiger charge is 1.98. The Morgan fingerprint density at radius 3 is 2.60 bits per heavy atom. The molecule has 0 amide bonds. The van der Waals surface area contributed by atoms with Gasteiger partial charge in [-0.15, -0.1) is 0 Å². The smallest absolute Gasteiger partial charge is 0.0727 e. The third-order valence-corrected chi connectivity index (χ3v) is 1.90. The molecule has 0 unspecified atom stereocenters. The van der Waals surface area contributed by atoms with Crippen LogP contribution in [0, 0.1) is 0 Å². The first-order valence-electron chi connectivity index (χ1n) is 2.76. The van der Waals surface area contributed by atoms with E-state index in [0.717, 1.165) is 10.2 Å². The Bertz CT molecular complexity index is 236. The Morgan fingerprint density at radius 2 is 2.10 bits per heavy atom. The van der Waals surface area contributed by atoms with Crippen molar-refractivity contribution < 1.29 is 0 Å². The van der Waals surface area contributed by atoms with E-state index >= 15 is 0 Å². The van der Waals surface area contributed by atoms with Crippen LogP contribution in [-0.4, -0.2) is 0 Å². The Hall–Kier alpha value is -0.740. The minimum Gasteiger partial charge on any atom is -0.396 e. The number of hydrazine groups is 1. The van der Waals surface area contributed by atoms with Gasteiger partial charge >= 0.3 is 0 Å². The third-order valence-electron chi connectivity index (χ3n) is 1.21. The van der Waals surface area contributed by atoms with Crippen molar-refractivity contribution >= 4 is 27.3 Å². The zero-order valence-electron chi connectivity index (χ0n) is 5.26. The van der Waals surface area contributed by atoms with Gasteiger partial charge in [0.05, 0.1) is 11.4 Å². The van der Waals surface area contributed by atoms with Gasteiger partial charge in [-0.3, -0.25) is 5.84 Å². The predicted molar refractivity (Wildman–Crippen MR) is 46.4 cm³/mol. The summed E-state index contributed by atoms with van der Waals surface area (Å²) in [5.74, 6) is 5.17. The maximum absolute atomic E-state index is 5.60. The summed E-state index contributed by atoms with van der Waals surface area (Å²) in [5, 5.41) is 0. The summed E-state index contributed by atoms with van der Waals surface area (Å²) in [6.07, 6.45) is 0. The van der Waals surface area contributed by atoms with Crippen molar-refractivity contribution in [2.24, 2.45) is 5.84 Å². The zero-order valence-corrected chi connectivity index (χ0v) is 6.85. The highest BCUT2D eigenvalue weighted by atomic mass is 79.9. The highest BCUT2D eigenvalue weighted by molar-refractivity contribution is 9.10. The van der Waals surface area contributed by atoms with Crippen molar-refractivity contribution in [3.63, 3.8) is 0 Å². The molecule has 0 heterocycles. The second-order valence-electron chi connectivity index (χ2n) is 1.85. The van der Waals surface area contributed by atoms with Gasteiger partial charge in [-0.2, -0.15) is 0 Å². The number of benzene rings is 1. The molecule has 5 N–H and O–H groups in total. The Morgan fingerprint density at radius 1 is 1.40 bits per heavy atom. The fourth-order valence-corrected chi connectivity index (χ4v) is 1.03. The van der Waals surface area contributed by atoms with Crippen LogP contribution in [0.3, 0.4) is 0 Å². The van der Waals surface area contributed by atoms with Crippen LogP contribution >= 0.6 is 15.9 Å². The molecule has 1 aromatic carbocycles. The summed E-state index contributed by atoms with van der Waals surface area (Å²) in [7, 11) is 0. The molecule has 0 bridgehead atoms. The van der Waals surface area contributed by atoms with E-state index in [-0.39, 0.29) is 0 Å². The largest absolute Gasteiger partial charge is 0.396 e. The van der Waals surface area contributed by atoms with Crippen LogP contribution in [0.25, 0.3) is 0 Å². The molecule has 10 heavy (non-hydrogen) atoms. The lowest BCUT2D eigenvalue weighted by Gasteiger charge is -2.04. The number of nitrogen functional groups attached to an aromatic ring is 2. The van der Waals surface area contributed by atoms with Gasteiger partial charge in [0.15, 0.2) is 0 Å². The average Bonchev–Trinajstić information content (AvgIpc) is 1.95. The molecule has 0 aliphatic carbocycles. The van der Waals surface area contributed by atoms with Crippen LogP contribution in [0.1, 0.15) is 0 Å². The molecule has 1 rings (SSSR count). The Balaban J connectivity index is 3.14. The molecule has 0 spiro atoms. The van der Waals surface area contributed by atoms with Crippen molar-refractivity contribution in [3.8, 4) is 0 Å². The van der Waals surface area contributed by atoms with Crippen molar-refractivity contribution in [3.05, 3.63) is 22.7 Å². The summed E-state index contributed by atoms with van der Waals surface area (Å²) in [4.78, 5) is 0. The number of rotatable bonds is 1. The summed E-state index contributed by atoms with van der Waals surface area (Å²) >= 11 is 3.27. The Kier molecular flexibility index (Phi) is 2.13. The number of hydrogen-bond donors (Lipinski definition) is 3. The van der Waals surface area contributed by atoms with Crippen LogP contribution in [-0.2, 0) is 0 Å². The normalized spacial score (nSPS) is 9.40. The van der Waals surface area contributed by atoms with Gasteiger partial charge in [0, 0.05) is 4.47 Å². The summed E-state index contributed by atoms with van der Waals surface area (Å²) < 4.78 is 0.850. The van der Waals surface area contributed by atoms with Gasteiger partial charge in [-0.25, -0.2) is 0 Å². The molecule has 1 aromatic rings. The van der Waals surface area contributed by atoms with Gasteiger partial charge in [0.1, 0.15) is 0 Å². The number of halogens is 1. The molecule has 4 heteroatoms. The van der Waals surface area contributed by atoms with Crippen LogP contribution in [0.5, 0.6) is 0 Å². The monoisotopic (exact) mass is 201 g/mol. The van der Waals surface area contributed by atoms with E-state index in [1.165, 1.54) is 0 Å². The van der Waals surface area contributed by atoms with Crippen LogP contribution in [0.15, 0.2) is 22.7 Å². The fraction of sp³-hybridized carbons (Fsp3) is 0. The van der Waals surface area contributed by atoms with E-state index in [4.69, 9.17) is 11.6 Å². The molecule has 0 aliphatic heterocycles. The van der Waals surface area contributed by atoms with Gasteiger partial charge in [-0.05, 0) is 28.1 Å². The molecular weight excluding hydrogens is 194 g/mol. The fourth-order valence-electron chi connectivity index (χ4n) is 0.663. The molecule has 0 aliphatic rings. The van der Waals surface area contributed by atoms with Crippen LogP contribution in [0.4, 0.5) is 11.4 Å². The molecule has 0 fully saturated rings. The van der Waals surface area contributed by atoms with Gasteiger partial charge in [-0.1, -0.05) is 6.07 Å². The number of para-hydroxylation sites is 1. The minimum absolute atomic E-state index is 0.630. The molecule has 0 aromatic heterocycles. The van der Waals surface area contributed by atoms with E-state index in [9.17, 15) is 0 Å². The third kappa shape index (κ3) is 1.22. The highest BCUT2D eigenvalue weighted by Crippen LogP contribution is 2.25. The second kappa shape index (κ2) is 2.90. The van der Waals surface area contributed by atoms with Gasteiger partial charge in [0.2, 0.25) is 0 Å². The lowest BCUT2D eigenvalue weighted by Crippen LogP contribution is -2.08. The molecule has 0 radical (unpaired) electrons. The van der Waals surface area contributed by atoms with Gasteiger partial charge in [0.25, 0.3) is 0 Å². The van der Waals surface area contributed by atoms with Crippen LogP contribution < -0.4 is 17.0 Å². The molecule has 0 saturated heterocycles. The summed E-state index contributed by atoms with van der Waals surface area (Å²) in [5.41, 5.74) is 9.45. The van der Waals surface area contributed by atoms with Crippen molar-refractivity contribution in [1.29, 1.82) is 0 Å². The molecule has 0 saturated carbocycles. The number of nitrogens with two attached hydrogens (primary N) is 2. The summed E-state index contributed by atoms with van der Waals surface area (Å²) in [6.45, 7) is 0. The van der Waals surface area contributed by atoms with Gasteiger partial charge < -0.3 is 11.2 Å². The van der Waals surface area contributed by atoms with Crippen molar-refractivity contribution in [2.45, 2.75) is 0 Å². The lowest BCUT2D eigenvalue weighted by atomic mass is 10.3. The maximum Gasteiger partial charge on any atom is 0.0727 e. The molecular formula is C6H8BrN3. The standard InChI is InChI=1S/C6H8BrN3/c7-4-2-1-3-5(10-9)6(4)8/h1-3,10H,8-9H2. The zero-order chi connectivity index (χ0) is 7.56.